The highest BCUT2D eigenvalue weighted by molar-refractivity contribution is 5.91. The summed E-state index contributed by atoms with van der Waals surface area (Å²) in [6.45, 7) is 10.1. The van der Waals surface area contributed by atoms with Crippen molar-refractivity contribution in [3.63, 3.8) is 0 Å². The minimum Gasteiger partial charge on any atom is -0.383 e. The Hall–Kier alpha value is -1.55. The van der Waals surface area contributed by atoms with E-state index in [-0.39, 0.29) is 6.03 Å². The Kier molecular flexibility index (Phi) is 6.52. The fraction of sp³-hybridized carbons (Fsp3) is 0.562. The Bertz CT molecular complexity index is 435. The van der Waals surface area contributed by atoms with Crippen molar-refractivity contribution in [3.05, 3.63) is 28.8 Å². The number of methoxy groups -OCH3 is 1. The lowest BCUT2D eigenvalue weighted by Crippen LogP contribution is -2.38. The number of hydrogen-bond donors (Lipinski definition) is 1. The van der Waals surface area contributed by atoms with Crippen molar-refractivity contribution in [1.29, 1.82) is 0 Å². The van der Waals surface area contributed by atoms with Crippen LogP contribution in [-0.2, 0) is 4.74 Å². The van der Waals surface area contributed by atoms with Crippen molar-refractivity contribution in [2.75, 3.05) is 32.1 Å². The van der Waals surface area contributed by atoms with Crippen molar-refractivity contribution in [2.24, 2.45) is 0 Å². The average Bonchev–Trinajstić information content (AvgIpc) is 2.38. The average molecular weight is 278 g/mol. The maximum atomic E-state index is 12.4. The molecule has 0 heterocycles. The normalized spacial score (nSPS) is 10.4. The number of ether oxygens (including phenoxy) is 1. The summed E-state index contributed by atoms with van der Waals surface area (Å²) in [5, 5.41) is 3.03. The van der Waals surface area contributed by atoms with E-state index >= 15 is 0 Å². The highest BCUT2D eigenvalue weighted by Crippen LogP contribution is 2.22. The molecule has 0 bridgehead atoms. The second-order valence-electron chi connectivity index (χ2n) is 5.18. The fourth-order valence-corrected chi connectivity index (χ4v) is 2.35. The molecule has 1 rings (SSSR count). The van der Waals surface area contributed by atoms with Crippen molar-refractivity contribution in [2.45, 2.75) is 34.1 Å². The van der Waals surface area contributed by atoms with Gasteiger partial charge in [0.15, 0.2) is 0 Å². The van der Waals surface area contributed by atoms with Crippen molar-refractivity contribution in [3.8, 4) is 0 Å². The molecule has 0 aliphatic rings. The Labute approximate surface area is 122 Å². The molecule has 0 fully saturated rings. The van der Waals surface area contributed by atoms with Crippen LogP contribution in [0.5, 0.6) is 0 Å². The molecule has 0 saturated carbocycles. The highest BCUT2D eigenvalue weighted by Gasteiger charge is 2.14. The lowest BCUT2D eigenvalue weighted by molar-refractivity contribution is 0.155. The van der Waals surface area contributed by atoms with Gasteiger partial charge in [-0.2, -0.15) is 0 Å². The van der Waals surface area contributed by atoms with E-state index < -0.39 is 0 Å². The molecule has 112 valence electrons. The van der Waals surface area contributed by atoms with Crippen LogP contribution in [0, 0.1) is 20.8 Å². The first-order chi connectivity index (χ1) is 9.49. The number of carbonyl (C=O) groups excluding carboxylic acids is 1. The maximum absolute atomic E-state index is 12.4. The van der Waals surface area contributed by atoms with Crippen LogP contribution in [0.4, 0.5) is 10.5 Å². The molecular formula is C16H26N2O2. The topological polar surface area (TPSA) is 41.6 Å². The zero-order valence-corrected chi connectivity index (χ0v) is 13.2. The SMILES string of the molecule is CCCN(CCOC)C(=O)Nc1c(C)cc(C)cc1C. The first kappa shape index (κ1) is 16.5. The molecule has 1 aromatic carbocycles. The molecule has 0 aromatic heterocycles. The first-order valence-corrected chi connectivity index (χ1v) is 7.12. The van der Waals surface area contributed by atoms with Gasteiger partial charge in [0.25, 0.3) is 0 Å². The van der Waals surface area contributed by atoms with Crippen LogP contribution in [0.15, 0.2) is 12.1 Å². The fourth-order valence-electron chi connectivity index (χ4n) is 2.35. The molecule has 20 heavy (non-hydrogen) atoms. The minimum absolute atomic E-state index is 0.0565. The third kappa shape index (κ3) is 4.53. The van der Waals surface area contributed by atoms with Gasteiger partial charge >= 0.3 is 6.03 Å². The molecule has 0 radical (unpaired) electrons. The Balaban J connectivity index is 2.82. The Morgan fingerprint density at radius 2 is 1.80 bits per heavy atom. The number of amides is 2. The summed E-state index contributed by atoms with van der Waals surface area (Å²) in [5.41, 5.74) is 4.32. The van der Waals surface area contributed by atoms with Crippen molar-refractivity contribution >= 4 is 11.7 Å². The lowest BCUT2D eigenvalue weighted by atomic mass is 10.1. The molecule has 0 spiro atoms. The van der Waals surface area contributed by atoms with Gasteiger partial charge in [-0.25, -0.2) is 4.79 Å². The predicted molar refractivity (Wildman–Crippen MR) is 83.4 cm³/mol. The quantitative estimate of drug-likeness (QED) is 0.865. The van der Waals surface area contributed by atoms with Crippen LogP contribution in [0.2, 0.25) is 0 Å². The Morgan fingerprint density at radius 3 is 2.30 bits per heavy atom. The zero-order chi connectivity index (χ0) is 15.1. The molecule has 0 unspecified atom stereocenters. The summed E-state index contributed by atoms with van der Waals surface area (Å²) < 4.78 is 5.06. The number of benzene rings is 1. The van der Waals surface area contributed by atoms with Crippen LogP contribution >= 0.6 is 0 Å². The summed E-state index contributed by atoms with van der Waals surface area (Å²) in [6, 6.07) is 4.11. The summed E-state index contributed by atoms with van der Waals surface area (Å²) in [5.74, 6) is 0. The van der Waals surface area contributed by atoms with E-state index in [2.05, 4.69) is 31.3 Å². The predicted octanol–water partition coefficient (Wildman–Crippen LogP) is 3.50. The van der Waals surface area contributed by atoms with Gasteiger partial charge in [0.05, 0.1) is 6.61 Å². The van der Waals surface area contributed by atoms with Gasteiger partial charge in [0, 0.05) is 25.9 Å². The lowest BCUT2D eigenvalue weighted by Gasteiger charge is -2.23. The van der Waals surface area contributed by atoms with E-state index in [1.807, 2.05) is 13.8 Å². The van der Waals surface area contributed by atoms with E-state index in [1.165, 1.54) is 5.56 Å². The van der Waals surface area contributed by atoms with Crippen molar-refractivity contribution in [1.82, 2.24) is 4.90 Å². The molecule has 4 nitrogen and oxygen atoms in total. The number of anilines is 1. The van der Waals surface area contributed by atoms with Gasteiger partial charge in [-0.3, -0.25) is 0 Å². The maximum Gasteiger partial charge on any atom is 0.321 e. The number of rotatable bonds is 6. The highest BCUT2D eigenvalue weighted by atomic mass is 16.5. The summed E-state index contributed by atoms with van der Waals surface area (Å²) in [7, 11) is 1.65. The minimum atomic E-state index is -0.0565. The van der Waals surface area contributed by atoms with E-state index in [4.69, 9.17) is 4.74 Å². The van der Waals surface area contributed by atoms with Crippen LogP contribution in [0.25, 0.3) is 0 Å². The van der Waals surface area contributed by atoms with E-state index in [9.17, 15) is 4.79 Å². The third-order valence-corrected chi connectivity index (χ3v) is 3.26. The molecule has 1 N–H and O–H groups in total. The van der Waals surface area contributed by atoms with E-state index in [0.29, 0.717) is 13.2 Å². The van der Waals surface area contributed by atoms with Gasteiger partial charge < -0.3 is 15.0 Å². The second kappa shape index (κ2) is 7.90. The smallest absolute Gasteiger partial charge is 0.321 e. The van der Waals surface area contributed by atoms with Gasteiger partial charge in [-0.15, -0.1) is 0 Å². The molecule has 0 atom stereocenters. The van der Waals surface area contributed by atoms with E-state index in [0.717, 1.165) is 29.8 Å². The third-order valence-electron chi connectivity index (χ3n) is 3.26. The number of hydrogen-bond acceptors (Lipinski definition) is 2. The number of aryl methyl sites for hydroxylation is 3. The standard InChI is InChI=1S/C16H26N2O2/c1-6-7-18(8-9-20-5)16(19)17-15-13(3)10-12(2)11-14(15)4/h10-11H,6-9H2,1-5H3,(H,17,19). The molecule has 0 aliphatic heterocycles. The zero-order valence-electron chi connectivity index (χ0n) is 13.2. The molecule has 0 aliphatic carbocycles. The van der Waals surface area contributed by atoms with Gasteiger partial charge in [0.2, 0.25) is 0 Å². The molecular weight excluding hydrogens is 252 g/mol. The molecule has 4 heteroatoms. The van der Waals surface area contributed by atoms with Gasteiger partial charge in [0.1, 0.15) is 0 Å². The van der Waals surface area contributed by atoms with Crippen molar-refractivity contribution < 1.29 is 9.53 Å². The number of urea groups is 1. The largest absolute Gasteiger partial charge is 0.383 e. The summed E-state index contributed by atoms with van der Waals surface area (Å²) in [6.07, 6.45) is 0.934. The van der Waals surface area contributed by atoms with Gasteiger partial charge in [-0.1, -0.05) is 24.6 Å². The number of nitrogens with one attached hydrogen (secondary N) is 1. The molecule has 0 saturated heterocycles. The van der Waals surface area contributed by atoms with Crippen LogP contribution in [0.1, 0.15) is 30.0 Å². The monoisotopic (exact) mass is 278 g/mol. The summed E-state index contributed by atoms with van der Waals surface area (Å²) >= 11 is 0. The van der Waals surface area contributed by atoms with Crippen LogP contribution < -0.4 is 5.32 Å². The van der Waals surface area contributed by atoms with E-state index in [1.54, 1.807) is 12.0 Å². The molecule has 1 aromatic rings. The van der Waals surface area contributed by atoms with Gasteiger partial charge in [-0.05, 0) is 38.3 Å². The Morgan fingerprint density at radius 1 is 1.20 bits per heavy atom. The number of carbonyl (C=O) groups is 1. The molecule has 2 amide bonds. The van der Waals surface area contributed by atoms with Crippen LogP contribution in [0.3, 0.4) is 0 Å². The van der Waals surface area contributed by atoms with Crippen LogP contribution in [-0.4, -0.2) is 37.7 Å². The first-order valence-electron chi connectivity index (χ1n) is 7.12. The summed E-state index contributed by atoms with van der Waals surface area (Å²) in [4.78, 5) is 14.2. The second-order valence-corrected chi connectivity index (χ2v) is 5.18. The number of nitrogens with zero attached hydrogens (tertiary/aromatic N) is 1.